The van der Waals surface area contributed by atoms with E-state index in [0.717, 1.165) is 16.8 Å². The van der Waals surface area contributed by atoms with Gasteiger partial charge in [-0.05, 0) is 42.3 Å². The van der Waals surface area contributed by atoms with Crippen molar-refractivity contribution in [2.75, 3.05) is 5.32 Å². The first-order valence-corrected chi connectivity index (χ1v) is 5.71. The van der Waals surface area contributed by atoms with Crippen LogP contribution in [0.4, 0.5) is 5.69 Å². The van der Waals surface area contributed by atoms with Gasteiger partial charge >= 0.3 is 0 Å². The summed E-state index contributed by atoms with van der Waals surface area (Å²) in [4.78, 5) is 0. The normalized spacial score (nSPS) is 9.78. The highest BCUT2D eigenvalue weighted by molar-refractivity contribution is 5.59. The molecule has 3 nitrogen and oxygen atoms in total. The summed E-state index contributed by atoms with van der Waals surface area (Å²) in [5.74, 6) is 0.256. The van der Waals surface area contributed by atoms with Gasteiger partial charge in [-0.1, -0.05) is 18.2 Å². The summed E-state index contributed by atoms with van der Waals surface area (Å²) in [5, 5.41) is 21.5. The van der Waals surface area contributed by atoms with E-state index in [-0.39, 0.29) is 5.75 Å². The van der Waals surface area contributed by atoms with Gasteiger partial charge in [0.05, 0.1) is 11.3 Å². The Labute approximate surface area is 106 Å². The number of benzene rings is 2. The van der Waals surface area contributed by atoms with Crippen molar-refractivity contribution >= 4 is 5.69 Å². The third kappa shape index (κ3) is 2.80. The third-order valence-corrected chi connectivity index (χ3v) is 2.71. The number of anilines is 1. The molecule has 2 rings (SSSR count). The minimum atomic E-state index is 0.256. The molecule has 2 aromatic rings. The van der Waals surface area contributed by atoms with Gasteiger partial charge in [0.15, 0.2) is 0 Å². The first-order valence-electron chi connectivity index (χ1n) is 5.71. The van der Waals surface area contributed by atoms with Crippen LogP contribution in [0.5, 0.6) is 5.75 Å². The minimum absolute atomic E-state index is 0.256. The maximum Gasteiger partial charge on any atom is 0.115 e. The van der Waals surface area contributed by atoms with Gasteiger partial charge < -0.3 is 10.4 Å². The Hall–Kier alpha value is -2.47. The number of nitrogens with zero attached hydrogens (tertiary/aromatic N) is 1. The fourth-order valence-electron chi connectivity index (χ4n) is 1.71. The first kappa shape index (κ1) is 12.0. The van der Waals surface area contributed by atoms with Crippen LogP contribution in [0.3, 0.4) is 0 Å². The van der Waals surface area contributed by atoms with Gasteiger partial charge in [-0.2, -0.15) is 5.26 Å². The molecule has 0 unspecified atom stereocenters. The molecule has 0 atom stereocenters. The monoisotopic (exact) mass is 238 g/mol. The quantitative estimate of drug-likeness (QED) is 0.863. The highest BCUT2D eigenvalue weighted by Crippen LogP contribution is 2.18. The lowest BCUT2D eigenvalue weighted by Gasteiger charge is -2.09. The van der Waals surface area contributed by atoms with Crippen LogP contribution in [0.25, 0.3) is 0 Å². The lowest BCUT2D eigenvalue weighted by molar-refractivity contribution is 0.475. The second-order valence-corrected chi connectivity index (χ2v) is 4.18. The first-order chi connectivity index (χ1) is 8.69. The highest BCUT2D eigenvalue weighted by atomic mass is 16.3. The molecule has 0 aliphatic carbocycles. The van der Waals surface area contributed by atoms with Crippen molar-refractivity contribution in [2.45, 2.75) is 13.5 Å². The number of phenolic OH excluding ortho intramolecular Hbond substituents is 1. The van der Waals surface area contributed by atoms with E-state index in [1.165, 1.54) is 0 Å². The lowest BCUT2D eigenvalue weighted by atomic mass is 10.1. The molecule has 3 heteroatoms. The number of hydrogen-bond acceptors (Lipinski definition) is 3. The largest absolute Gasteiger partial charge is 0.508 e. The molecule has 0 aromatic heterocycles. The molecule has 0 radical (unpaired) electrons. The summed E-state index contributed by atoms with van der Waals surface area (Å²) in [7, 11) is 0. The number of aromatic hydroxyl groups is 1. The van der Waals surface area contributed by atoms with Crippen LogP contribution in [-0.2, 0) is 6.54 Å². The van der Waals surface area contributed by atoms with E-state index in [1.807, 2.05) is 37.3 Å². The molecule has 2 N–H and O–H groups in total. The predicted molar refractivity (Wildman–Crippen MR) is 71.3 cm³/mol. The Morgan fingerprint density at radius 2 is 1.89 bits per heavy atom. The van der Waals surface area contributed by atoms with Crippen LogP contribution in [0, 0.1) is 18.3 Å². The molecule has 0 amide bonds. The molecule has 0 saturated heterocycles. The zero-order chi connectivity index (χ0) is 13.0. The van der Waals surface area contributed by atoms with Crippen LogP contribution in [-0.4, -0.2) is 5.11 Å². The van der Waals surface area contributed by atoms with Crippen LogP contribution < -0.4 is 5.32 Å². The molecule has 2 aromatic carbocycles. The van der Waals surface area contributed by atoms with Gasteiger partial charge in [-0.3, -0.25) is 0 Å². The van der Waals surface area contributed by atoms with Gasteiger partial charge in [-0.15, -0.1) is 0 Å². The summed E-state index contributed by atoms with van der Waals surface area (Å²) < 4.78 is 0. The maximum absolute atomic E-state index is 9.20. The van der Waals surface area contributed by atoms with Crippen molar-refractivity contribution in [1.29, 1.82) is 5.26 Å². The van der Waals surface area contributed by atoms with Crippen molar-refractivity contribution in [3.8, 4) is 11.8 Å². The van der Waals surface area contributed by atoms with Gasteiger partial charge in [-0.25, -0.2) is 0 Å². The van der Waals surface area contributed by atoms with E-state index < -0.39 is 0 Å². The van der Waals surface area contributed by atoms with Crippen molar-refractivity contribution in [3.63, 3.8) is 0 Å². The van der Waals surface area contributed by atoms with E-state index in [4.69, 9.17) is 5.26 Å². The molecule has 0 spiro atoms. The molecule has 0 heterocycles. The van der Waals surface area contributed by atoms with E-state index >= 15 is 0 Å². The van der Waals surface area contributed by atoms with Crippen LogP contribution >= 0.6 is 0 Å². The number of aryl methyl sites for hydroxylation is 1. The Bertz CT molecular complexity index is 582. The molecular weight excluding hydrogens is 224 g/mol. The number of nitrogens with one attached hydrogen (secondary N) is 1. The fourth-order valence-corrected chi connectivity index (χ4v) is 1.71. The number of nitriles is 1. The highest BCUT2D eigenvalue weighted by Gasteiger charge is 2.02. The molecule has 0 aliphatic heterocycles. The topological polar surface area (TPSA) is 56.0 Å². The zero-order valence-electron chi connectivity index (χ0n) is 10.1. The third-order valence-electron chi connectivity index (χ3n) is 2.71. The van der Waals surface area contributed by atoms with Gasteiger partial charge in [0.1, 0.15) is 11.8 Å². The SMILES string of the molecule is Cc1ccc(C#N)c(NCc2ccc(O)cc2)c1. The van der Waals surface area contributed by atoms with Crippen molar-refractivity contribution in [3.05, 3.63) is 59.2 Å². The summed E-state index contributed by atoms with van der Waals surface area (Å²) in [6.07, 6.45) is 0. The van der Waals surface area contributed by atoms with Crippen LogP contribution in [0.15, 0.2) is 42.5 Å². The Kier molecular flexibility index (Phi) is 3.49. The Morgan fingerprint density at radius 1 is 1.17 bits per heavy atom. The predicted octanol–water partition coefficient (Wildman–Crippen LogP) is 3.18. The van der Waals surface area contributed by atoms with Crippen molar-refractivity contribution in [2.24, 2.45) is 0 Å². The summed E-state index contributed by atoms with van der Waals surface area (Å²) in [6, 6.07) is 14.9. The Morgan fingerprint density at radius 3 is 2.56 bits per heavy atom. The molecule has 0 bridgehead atoms. The molecule has 0 aliphatic rings. The summed E-state index contributed by atoms with van der Waals surface area (Å²) in [5.41, 5.74) is 3.64. The number of hydrogen-bond donors (Lipinski definition) is 2. The van der Waals surface area contributed by atoms with Crippen molar-refractivity contribution in [1.82, 2.24) is 0 Å². The molecule has 0 saturated carbocycles. The lowest BCUT2D eigenvalue weighted by Crippen LogP contribution is -2.01. The average Bonchev–Trinajstić information content (AvgIpc) is 2.38. The van der Waals surface area contributed by atoms with Gasteiger partial charge in [0.2, 0.25) is 0 Å². The van der Waals surface area contributed by atoms with E-state index in [9.17, 15) is 5.11 Å². The zero-order valence-corrected chi connectivity index (χ0v) is 10.1. The summed E-state index contributed by atoms with van der Waals surface area (Å²) in [6.45, 7) is 2.62. The average molecular weight is 238 g/mol. The smallest absolute Gasteiger partial charge is 0.115 e. The molecule has 0 fully saturated rings. The Balaban J connectivity index is 2.13. The van der Waals surface area contributed by atoms with E-state index in [2.05, 4.69) is 11.4 Å². The van der Waals surface area contributed by atoms with Gasteiger partial charge in [0, 0.05) is 6.54 Å². The second kappa shape index (κ2) is 5.24. The van der Waals surface area contributed by atoms with E-state index in [1.54, 1.807) is 12.1 Å². The van der Waals surface area contributed by atoms with Crippen LogP contribution in [0.2, 0.25) is 0 Å². The fraction of sp³-hybridized carbons (Fsp3) is 0.133. The van der Waals surface area contributed by atoms with Gasteiger partial charge in [0.25, 0.3) is 0 Å². The number of rotatable bonds is 3. The molecule has 90 valence electrons. The van der Waals surface area contributed by atoms with E-state index in [0.29, 0.717) is 12.1 Å². The van der Waals surface area contributed by atoms with Crippen molar-refractivity contribution < 1.29 is 5.11 Å². The molecule has 18 heavy (non-hydrogen) atoms. The van der Waals surface area contributed by atoms with Crippen LogP contribution in [0.1, 0.15) is 16.7 Å². The molecular formula is C15H14N2O. The standard InChI is InChI=1S/C15H14N2O/c1-11-2-5-13(9-16)15(8-11)17-10-12-3-6-14(18)7-4-12/h2-8,17-18H,10H2,1H3. The maximum atomic E-state index is 9.20. The minimum Gasteiger partial charge on any atom is -0.508 e. The number of phenols is 1. The second-order valence-electron chi connectivity index (χ2n) is 4.18. The summed E-state index contributed by atoms with van der Waals surface area (Å²) >= 11 is 0.